The van der Waals surface area contributed by atoms with Crippen LogP contribution in [0.1, 0.15) is 13.8 Å². The van der Waals surface area contributed by atoms with Gasteiger partial charge in [0.1, 0.15) is 5.75 Å². The molecule has 150 valence electrons. The van der Waals surface area contributed by atoms with E-state index in [-0.39, 0.29) is 11.9 Å². The highest BCUT2D eigenvalue weighted by Crippen LogP contribution is 2.28. The molecule has 1 aliphatic rings. The van der Waals surface area contributed by atoms with Crippen LogP contribution in [0.5, 0.6) is 5.75 Å². The van der Waals surface area contributed by atoms with E-state index in [4.69, 9.17) is 27.9 Å². The minimum absolute atomic E-state index is 0.0395. The van der Waals surface area contributed by atoms with Gasteiger partial charge in [-0.05, 0) is 44.2 Å². The number of nitrogens with one attached hydrogen (secondary N) is 2. The lowest BCUT2D eigenvalue weighted by atomic mass is 10.2. The van der Waals surface area contributed by atoms with Crippen LogP contribution in [0.2, 0.25) is 10.0 Å². The van der Waals surface area contributed by atoms with Crippen LogP contribution in [-0.2, 0) is 4.79 Å². The van der Waals surface area contributed by atoms with Crippen LogP contribution in [0.3, 0.4) is 0 Å². The van der Waals surface area contributed by atoms with Crippen molar-refractivity contribution in [2.45, 2.75) is 19.9 Å². The Kier molecular flexibility index (Phi) is 7.05. The number of nitrogens with zero attached hydrogens (tertiary/aromatic N) is 1. The Labute approximate surface area is 176 Å². The topological polar surface area (TPSA) is 46.0 Å². The molecule has 0 radical (unpaired) electrons. The van der Waals surface area contributed by atoms with Crippen LogP contribution in [0, 0.1) is 0 Å². The molecule has 1 amide bonds. The minimum atomic E-state index is -0.170. The number of anilines is 2. The maximum Gasteiger partial charge on any atom is 0.282 e. The number of carbonyl (C=O) groups is 1. The fraction of sp³-hybridized carbons (Fsp3) is 0.381. The van der Waals surface area contributed by atoms with Gasteiger partial charge in [-0.3, -0.25) is 4.79 Å². The van der Waals surface area contributed by atoms with E-state index in [0.29, 0.717) is 22.3 Å². The number of amides is 1. The SMILES string of the molecule is CCOc1ccccc1N1CC[NH+]([C@H](C)C(=O)Nc2ccc(Cl)cc2Cl)CC1. The molecule has 7 heteroatoms. The van der Waals surface area contributed by atoms with Gasteiger partial charge in [0, 0.05) is 5.02 Å². The number of halogens is 2. The Bertz CT molecular complexity index is 823. The molecule has 0 aromatic heterocycles. The van der Waals surface area contributed by atoms with Crippen LogP contribution >= 0.6 is 23.2 Å². The van der Waals surface area contributed by atoms with Gasteiger partial charge in [0.25, 0.3) is 5.91 Å². The van der Waals surface area contributed by atoms with Crippen molar-refractivity contribution in [1.29, 1.82) is 0 Å². The number of ether oxygens (including phenoxy) is 1. The van der Waals surface area contributed by atoms with Gasteiger partial charge in [-0.2, -0.15) is 0 Å². The lowest BCUT2D eigenvalue weighted by Gasteiger charge is -2.36. The highest BCUT2D eigenvalue weighted by molar-refractivity contribution is 6.36. The quantitative estimate of drug-likeness (QED) is 0.751. The van der Waals surface area contributed by atoms with Gasteiger partial charge in [-0.25, -0.2) is 0 Å². The second-order valence-corrected chi connectivity index (χ2v) is 7.72. The van der Waals surface area contributed by atoms with E-state index in [1.54, 1.807) is 18.2 Å². The summed E-state index contributed by atoms with van der Waals surface area (Å²) in [5.41, 5.74) is 1.71. The van der Waals surface area contributed by atoms with Crippen LogP contribution in [0.15, 0.2) is 42.5 Å². The fourth-order valence-electron chi connectivity index (χ4n) is 3.48. The van der Waals surface area contributed by atoms with E-state index in [9.17, 15) is 4.79 Å². The van der Waals surface area contributed by atoms with Crippen molar-refractivity contribution in [2.24, 2.45) is 0 Å². The monoisotopic (exact) mass is 422 g/mol. The zero-order chi connectivity index (χ0) is 20.1. The standard InChI is InChI=1S/C21H25Cl2N3O2/c1-3-28-20-7-5-4-6-19(20)26-12-10-25(11-13-26)15(2)21(27)24-18-9-8-16(22)14-17(18)23/h4-9,14-15H,3,10-13H2,1-2H3,(H,24,27)/p+1/t15-/m1/s1. The van der Waals surface area contributed by atoms with E-state index in [1.807, 2.05) is 32.0 Å². The Balaban J connectivity index is 1.59. The van der Waals surface area contributed by atoms with Gasteiger partial charge in [0.2, 0.25) is 0 Å². The molecular weight excluding hydrogens is 397 g/mol. The van der Waals surface area contributed by atoms with E-state index in [1.165, 1.54) is 4.90 Å². The first-order valence-corrected chi connectivity index (χ1v) is 10.3. The Hall–Kier alpha value is -1.95. The number of rotatable bonds is 6. The molecule has 3 rings (SSSR count). The average Bonchev–Trinajstić information content (AvgIpc) is 2.70. The molecule has 1 aliphatic heterocycles. The fourth-order valence-corrected chi connectivity index (χ4v) is 3.94. The van der Waals surface area contributed by atoms with Crippen molar-refractivity contribution >= 4 is 40.5 Å². The summed E-state index contributed by atoms with van der Waals surface area (Å²) in [6, 6.07) is 13.0. The molecule has 0 aliphatic carbocycles. The van der Waals surface area contributed by atoms with Crippen molar-refractivity contribution < 1.29 is 14.4 Å². The molecule has 1 saturated heterocycles. The number of hydrogen-bond acceptors (Lipinski definition) is 3. The average molecular weight is 423 g/mol. The number of para-hydroxylation sites is 2. The normalized spacial score (nSPS) is 15.9. The van der Waals surface area contributed by atoms with Gasteiger partial charge < -0.3 is 19.9 Å². The molecule has 0 unspecified atom stereocenters. The lowest BCUT2D eigenvalue weighted by Crippen LogP contribution is -3.19. The van der Waals surface area contributed by atoms with Crippen LogP contribution in [0.25, 0.3) is 0 Å². The summed E-state index contributed by atoms with van der Waals surface area (Å²) >= 11 is 12.1. The molecule has 1 heterocycles. The molecule has 1 atom stereocenters. The highest BCUT2D eigenvalue weighted by atomic mass is 35.5. The maximum atomic E-state index is 12.7. The summed E-state index contributed by atoms with van der Waals surface area (Å²) in [4.78, 5) is 16.3. The first kappa shape index (κ1) is 20.8. The molecule has 1 fully saturated rings. The van der Waals surface area contributed by atoms with E-state index in [0.717, 1.165) is 37.6 Å². The largest absolute Gasteiger partial charge is 0.492 e. The molecule has 0 spiro atoms. The van der Waals surface area contributed by atoms with Gasteiger partial charge in [-0.15, -0.1) is 0 Å². The number of quaternary nitrogens is 1. The Morgan fingerprint density at radius 1 is 1.21 bits per heavy atom. The molecule has 2 aromatic carbocycles. The van der Waals surface area contributed by atoms with Crippen molar-refractivity contribution in [3.63, 3.8) is 0 Å². The molecule has 0 saturated carbocycles. The predicted molar refractivity (Wildman–Crippen MR) is 115 cm³/mol. The van der Waals surface area contributed by atoms with E-state index >= 15 is 0 Å². The maximum absolute atomic E-state index is 12.7. The number of carbonyl (C=O) groups excluding carboxylic acids is 1. The third-order valence-corrected chi connectivity index (χ3v) is 5.65. The number of piperazine rings is 1. The van der Waals surface area contributed by atoms with Crippen molar-refractivity contribution in [2.75, 3.05) is 43.0 Å². The van der Waals surface area contributed by atoms with Gasteiger partial charge >= 0.3 is 0 Å². The van der Waals surface area contributed by atoms with Crippen LogP contribution < -0.4 is 19.9 Å². The minimum Gasteiger partial charge on any atom is -0.492 e. The number of benzene rings is 2. The third-order valence-electron chi connectivity index (χ3n) is 5.11. The van der Waals surface area contributed by atoms with Gasteiger partial charge in [-0.1, -0.05) is 35.3 Å². The van der Waals surface area contributed by atoms with Gasteiger partial charge in [0.05, 0.1) is 49.2 Å². The molecule has 2 aromatic rings. The lowest BCUT2D eigenvalue weighted by molar-refractivity contribution is -0.914. The Morgan fingerprint density at radius 3 is 2.61 bits per heavy atom. The molecule has 0 bridgehead atoms. The smallest absolute Gasteiger partial charge is 0.282 e. The summed E-state index contributed by atoms with van der Waals surface area (Å²) in [5.74, 6) is 0.874. The van der Waals surface area contributed by atoms with Crippen LogP contribution in [0.4, 0.5) is 11.4 Å². The van der Waals surface area contributed by atoms with E-state index < -0.39 is 0 Å². The Morgan fingerprint density at radius 2 is 1.93 bits per heavy atom. The summed E-state index contributed by atoms with van der Waals surface area (Å²) < 4.78 is 5.75. The van der Waals surface area contributed by atoms with Crippen molar-refractivity contribution in [1.82, 2.24) is 0 Å². The zero-order valence-electron chi connectivity index (χ0n) is 16.2. The summed E-state index contributed by atoms with van der Waals surface area (Å²) in [6.07, 6.45) is 0. The van der Waals surface area contributed by atoms with Crippen LogP contribution in [-0.4, -0.2) is 44.7 Å². The van der Waals surface area contributed by atoms with Crippen molar-refractivity contribution in [3.05, 3.63) is 52.5 Å². The predicted octanol–water partition coefficient (Wildman–Crippen LogP) is 3.12. The molecular formula is C21H26Cl2N3O2+. The summed E-state index contributed by atoms with van der Waals surface area (Å²) in [5, 5.41) is 3.91. The second kappa shape index (κ2) is 9.50. The molecule has 28 heavy (non-hydrogen) atoms. The molecule has 2 N–H and O–H groups in total. The second-order valence-electron chi connectivity index (χ2n) is 6.88. The van der Waals surface area contributed by atoms with Crippen molar-refractivity contribution in [3.8, 4) is 5.75 Å². The summed E-state index contributed by atoms with van der Waals surface area (Å²) in [6.45, 7) is 8.10. The summed E-state index contributed by atoms with van der Waals surface area (Å²) in [7, 11) is 0. The first-order chi connectivity index (χ1) is 13.5. The molecule has 5 nitrogen and oxygen atoms in total. The highest BCUT2D eigenvalue weighted by Gasteiger charge is 2.30. The van der Waals surface area contributed by atoms with Gasteiger partial charge in [0.15, 0.2) is 6.04 Å². The number of hydrogen-bond donors (Lipinski definition) is 2. The zero-order valence-corrected chi connectivity index (χ0v) is 17.7. The first-order valence-electron chi connectivity index (χ1n) is 9.57. The van der Waals surface area contributed by atoms with E-state index in [2.05, 4.69) is 16.3 Å². The third kappa shape index (κ3) is 4.90.